The summed E-state index contributed by atoms with van der Waals surface area (Å²) in [5, 5.41) is 9.56. The van der Waals surface area contributed by atoms with Gasteiger partial charge >= 0.3 is 0 Å². The molecule has 0 fully saturated rings. The molecule has 0 bridgehead atoms. The van der Waals surface area contributed by atoms with Crippen molar-refractivity contribution in [1.29, 1.82) is 0 Å². The summed E-state index contributed by atoms with van der Waals surface area (Å²) >= 11 is 0. The number of phenols is 1. The van der Waals surface area contributed by atoms with Crippen LogP contribution in [-0.2, 0) is 5.41 Å². The van der Waals surface area contributed by atoms with Crippen LogP contribution in [0.2, 0.25) is 0 Å². The summed E-state index contributed by atoms with van der Waals surface area (Å²) in [4.78, 5) is 3.47. The zero-order valence-corrected chi connectivity index (χ0v) is 12.3. The first kappa shape index (κ1) is 13.5. The Morgan fingerprint density at radius 3 is 2.00 bits per heavy atom. The fraction of sp³-hybridized carbons (Fsp3) is 0.158. The summed E-state index contributed by atoms with van der Waals surface area (Å²) in [5.74, 6) is 0.289. The number of aromatic nitrogens is 1. The molecule has 0 aliphatic rings. The molecule has 2 heteroatoms. The molecule has 0 aliphatic carbocycles. The Bertz CT molecular complexity index is 728. The Labute approximate surface area is 125 Å². The van der Waals surface area contributed by atoms with Gasteiger partial charge in [-0.2, -0.15) is 0 Å². The molecule has 0 saturated carbocycles. The first-order chi connectivity index (χ1) is 10.1. The maximum absolute atomic E-state index is 9.56. The molecular weight excluding hydrogens is 258 g/mol. The second-order valence-electron chi connectivity index (χ2n) is 5.59. The molecular formula is C19H19NO. The SMILES string of the molecule is Cc1ccc([C@@](C)(c2ccccc2)c2ccc(O)cc2)[nH]1. The third-order valence-corrected chi connectivity index (χ3v) is 4.17. The van der Waals surface area contributed by atoms with Gasteiger partial charge in [-0.3, -0.25) is 0 Å². The molecule has 0 unspecified atom stereocenters. The molecule has 1 atom stereocenters. The van der Waals surface area contributed by atoms with Crippen LogP contribution >= 0.6 is 0 Å². The molecule has 1 heterocycles. The van der Waals surface area contributed by atoms with E-state index >= 15 is 0 Å². The summed E-state index contributed by atoms with van der Waals surface area (Å²) in [6.07, 6.45) is 0. The number of aromatic hydroxyl groups is 1. The van der Waals surface area contributed by atoms with E-state index in [9.17, 15) is 5.11 Å². The van der Waals surface area contributed by atoms with E-state index in [4.69, 9.17) is 0 Å². The first-order valence-corrected chi connectivity index (χ1v) is 7.12. The van der Waals surface area contributed by atoms with Gasteiger partial charge in [-0.05, 0) is 49.2 Å². The van der Waals surface area contributed by atoms with Crippen LogP contribution in [0.5, 0.6) is 5.75 Å². The molecule has 106 valence electrons. The number of hydrogen-bond donors (Lipinski definition) is 2. The molecule has 2 N–H and O–H groups in total. The van der Waals surface area contributed by atoms with Crippen LogP contribution in [0.15, 0.2) is 66.7 Å². The van der Waals surface area contributed by atoms with E-state index in [-0.39, 0.29) is 11.2 Å². The predicted octanol–water partition coefficient (Wildman–Crippen LogP) is 4.38. The minimum absolute atomic E-state index is 0.275. The lowest BCUT2D eigenvalue weighted by Crippen LogP contribution is -2.25. The highest BCUT2D eigenvalue weighted by atomic mass is 16.3. The molecule has 2 aromatic carbocycles. The van der Waals surface area contributed by atoms with Gasteiger partial charge in [0.05, 0.1) is 5.41 Å². The number of aryl methyl sites for hydroxylation is 1. The zero-order chi connectivity index (χ0) is 14.9. The van der Waals surface area contributed by atoms with Crippen molar-refractivity contribution in [3.8, 4) is 5.75 Å². The average molecular weight is 277 g/mol. The minimum atomic E-state index is -0.275. The lowest BCUT2D eigenvalue weighted by Gasteiger charge is -2.30. The lowest BCUT2D eigenvalue weighted by molar-refractivity contribution is 0.474. The van der Waals surface area contributed by atoms with Gasteiger partial charge in [0.1, 0.15) is 5.75 Å². The van der Waals surface area contributed by atoms with Gasteiger partial charge in [0.15, 0.2) is 0 Å². The third kappa shape index (κ3) is 2.33. The molecule has 2 nitrogen and oxygen atoms in total. The van der Waals surface area contributed by atoms with Gasteiger partial charge in [0.2, 0.25) is 0 Å². The molecule has 0 radical (unpaired) electrons. The monoisotopic (exact) mass is 277 g/mol. The van der Waals surface area contributed by atoms with Crippen LogP contribution in [0.4, 0.5) is 0 Å². The Morgan fingerprint density at radius 1 is 0.810 bits per heavy atom. The van der Waals surface area contributed by atoms with Crippen LogP contribution in [-0.4, -0.2) is 10.1 Å². The van der Waals surface area contributed by atoms with Crippen LogP contribution in [0.1, 0.15) is 29.4 Å². The number of phenolic OH excluding ortho intramolecular Hbond substituents is 1. The van der Waals surface area contributed by atoms with E-state index in [0.29, 0.717) is 0 Å². The maximum atomic E-state index is 9.56. The minimum Gasteiger partial charge on any atom is -0.508 e. The number of H-pyrrole nitrogens is 1. The smallest absolute Gasteiger partial charge is 0.115 e. The van der Waals surface area contributed by atoms with E-state index in [0.717, 1.165) is 17.0 Å². The number of nitrogens with one attached hydrogen (secondary N) is 1. The molecule has 3 aromatic rings. The fourth-order valence-corrected chi connectivity index (χ4v) is 2.84. The van der Waals surface area contributed by atoms with Crippen LogP contribution in [0.25, 0.3) is 0 Å². The zero-order valence-electron chi connectivity index (χ0n) is 12.3. The number of aromatic amines is 1. The fourth-order valence-electron chi connectivity index (χ4n) is 2.84. The number of rotatable bonds is 3. The Hall–Kier alpha value is -2.48. The highest BCUT2D eigenvalue weighted by molar-refractivity contribution is 5.48. The topological polar surface area (TPSA) is 36.0 Å². The van der Waals surface area contributed by atoms with Gasteiger partial charge < -0.3 is 10.1 Å². The van der Waals surface area contributed by atoms with Crippen molar-refractivity contribution in [2.75, 3.05) is 0 Å². The molecule has 0 aliphatic heterocycles. The lowest BCUT2D eigenvalue weighted by atomic mass is 9.74. The second kappa shape index (κ2) is 5.13. The van der Waals surface area contributed by atoms with E-state index in [1.165, 1.54) is 5.56 Å². The molecule has 1 aromatic heterocycles. The van der Waals surface area contributed by atoms with Crippen molar-refractivity contribution in [2.45, 2.75) is 19.3 Å². The largest absolute Gasteiger partial charge is 0.508 e. The molecule has 0 saturated heterocycles. The van der Waals surface area contributed by atoms with Crippen molar-refractivity contribution in [3.05, 3.63) is 89.2 Å². The molecule has 3 rings (SSSR count). The van der Waals surface area contributed by atoms with Crippen molar-refractivity contribution < 1.29 is 5.11 Å². The van der Waals surface area contributed by atoms with Crippen molar-refractivity contribution in [3.63, 3.8) is 0 Å². The normalized spacial score (nSPS) is 13.8. The van der Waals surface area contributed by atoms with Gasteiger partial charge in [0, 0.05) is 11.4 Å². The highest BCUT2D eigenvalue weighted by Gasteiger charge is 2.32. The Kier molecular flexibility index (Phi) is 3.30. The van der Waals surface area contributed by atoms with Crippen molar-refractivity contribution in [2.24, 2.45) is 0 Å². The van der Waals surface area contributed by atoms with Crippen molar-refractivity contribution >= 4 is 0 Å². The van der Waals surface area contributed by atoms with E-state index in [1.54, 1.807) is 12.1 Å². The average Bonchev–Trinajstić information content (AvgIpc) is 2.95. The van der Waals surface area contributed by atoms with E-state index in [1.807, 2.05) is 18.2 Å². The quantitative estimate of drug-likeness (QED) is 0.732. The molecule has 0 spiro atoms. The van der Waals surface area contributed by atoms with Crippen molar-refractivity contribution in [1.82, 2.24) is 4.98 Å². The number of benzene rings is 2. The summed E-state index contributed by atoms with van der Waals surface area (Å²) in [6, 6.07) is 22.1. The number of hydrogen-bond acceptors (Lipinski definition) is 1. The first-order valence-electron chi connectivity index (χ1n) is 7.12. The Balaban J connectivity index is 2.22. The van der Waals surface area contributed by atoms with Gasteiger partial charge in [-0.15, -0.1) is 0 Å². The predicted molar refractivity (Wildman–Crippen MR) is 85.6 cm³/mol. The standard InChI is InChI=1S/C19H19NO/c1-14-8-13-18(20-14)19(2,15-6-4-3-5-7-15)16-9-11-17(21)12-10-16/h3-13,20-21H,1-2H3/t19-/m0/s1. The van der Waals surface area contributed by atoms with Crippen LogP contribution < -0.4 is 0 Å². The van der Waals surface area contributed by atoms with Gasteiger partial charge in [0.25, 0.3) is 0 Å². The van der Waals surface area contributed by atoms with E-state index in [2.05, 4.69) is 55.2 Å². The van der Waals surface area contributed by atoms with Gasteiger partial charge in [-0.1, -0.05) is 42.5 Å². The maximum Gasteiger partial charge on any atom is 0.115 e. The van der Waals surface area contributed by atoms with Gasteiger partial charge in [-0.25, -0.2) is 0 Å². The molecule has 0 amide bonds. The third-order valence-electron chi connectivity index (χ3n) is 4.17. The Morgan fingerprint density at radius 2 is 1.43 bits per heavy atom. The van der Waals surface area contributed by atoms with E-state index < -0.39 is 0 Å². The summed E-state index contributed by atoms with van der Waals surface area (Å²) in [5.41, 5.74) is 4.39. The highest BCUT2D eigenvalue weighted by Crippen LogP contribution is 2.38. The summed E-state index contributed by atoms with van der Waals surface area (Å²) in [7, 11) is 0. The van der Waals surface area contributed by atoms with Crippen LogP contribution in [0.3, 0.4) is 0 Å². The summed E-state index contributed by atoms with van der Waals surface area (Å²) < 4.78 is 0. The van der Waals surface area contributed by atoms with Crippen LogP contribution in [0, 0.1) is 6.92 Å². The second-order valence-corrected chi connectivity index (χ2v) is 5.59. The molecule has 21 heavy (non-hydrogen) atoms. The summed E-state index contributed by atoms with van der Waals surface area (Å²) in [6.45, 7) is 4.27.